The Morgan fingerprint density at radius 2 is 1.65 bits per heavy atom. The van der Waals surface area contributed by atoms with Gasteiger partial charge in [-0.05, 0) is 35.4 Å². The largest absolute Gasteiger partial charge is 0.503 e. The van der Waals surface area contributed by atoms with E-state index in [9.17, 15) is 14.7 Å². The number of aliphatic hydroxyl groups excluding tert-OH is 1. The first-order chi connectivity index (χ1) is 14.8. The minimum atomic E-state index is -0.707. The number of hydrogen-bond acceptors (Lipinski definition) is 6. The Bertz CT molecular complexity index is 1010. The molecule has 2 aromatic carbocycles. The van der Waals surface area contributed by atoms with E-state index >= 15 is 0 Å². The number of aliphatic hydroxyl groups is 1. The maximum absolute atomic E-state index is 13.0. The van der Waals surface area contributed by atoms with Gasteiger partial charge in [0.15, 0.2) is 23.0 Å². The Morgan fingerprint density at radius 1 is 1.00 bits per heavy atom. The van der Waals surface area contributed by atoms with Gasteiger partial charge < -0.3 is 24.2 Å². The second-order valence-corrected chi connectivity index (χ2v) is 7.58. The summed E-state index contributed by atoms with van der Waals surface area (Å²) < 4.78 is 15.9. The van der Waals surface area contributed by atoms with Crippen molar-refractivity contribution >= 4 is 11.7 Å². The molecule has 7 nitrogen and oxygen atoms in total. The van der Waals surface area contributed by atoms with Crippen LogP contribution in [0.5, 0.6) is 17.2 Å². The number of Topliss-reactive ketones (excluding diaryl/α,β-unsaturated/α-hetero) is 1. The molecule has 0 saturated carbocycles. The van der Waals surface area contributed by atoms with Crippen molar-refractivity contribution in [1.82, 2.24) is 4.90 Å². The molecule has 7 heteroatoms. The zero-order valence-corrected chi connectivity index (χ0v) is 18.3. The summed E-state index contributed by atoms with van der Waals surface area (Å²) in [5.74, 6) is 0.0444. The molecule has 1 amide bonds. The lowest BCUT2D eigenvalue weighted by atomic mass is 9.91. The first-order valence-electron chi connectivity index (χ1n) is 9.95. The highest BCUT2D eigenvalue weighted by Crippen LogP contribution is 2.40. The van der Waals surface area contributed by atoms with E-state index in [0.29, 0.717) is 22.8 Å². The molecule has 0 fully saturated rings. The summed E-state index contributed by atoms with van der Waals surface area (Å²) >= 11 is 0. The smallest absolute Gasteiger partial charge is 0.290 e. The van der Waals surface area contributed by atoms with Gasteiger partial charge >= 0.3 is 0 Å². The molecule has 31 heavy (non-hydrogen) atoms. The molecule has 0 aliphatic carbocycles. The highest BCUT2D eigenvalue weighted by atomic mass is 16.5. The van der Waals surface area contributed by atoms with Crippen molar-refractivity contribution in [3.8, 4) is 17.2 Å². The molecular weight excluding hydrogens is 398 g/mol. The third-order valence-corrected chi connectivity index (χ3v) is 5.33. The zero-order chi connectivity index (χ0) is 22.7. The summed E-state index contributed by atoms with van der Waals surface area (Å²) in [5.41, 5.74) is 1.60. The second kappa shape index (κ2) is 9.12. The Hall–Kier alpha value is -3.48. The van der Waals surface area contributed by atoms with Crippen molar-refractivity contribution in [1.29, 1.82) is 0 Å². The minimum absolute atomic E-state index is 0.116. The summed E-state index contributed by atoms with van der Waals surface area (Å²) in [5, 5.41) is 10.6. The fourth-order valence-electron chi connectivity index (χ4n) is 3.69. The molecular formula is C24H27NO6. The number of rotatable bonds is 8. The number of carbonyl (C=O) groups excluding carboxylic acids is 2. The third-order valence-electron chi connectivity index (χ3n) is 5.33. The van der Waals surface area contributed by atoms with Gasteiger partial charge in [0.1, 0.15) is 5.75 Å². The fraction of sp³-hybridized carbons (Fsp3) is 0.333. The summed E-state index contributed by atoms with van der Waals surface area (Å²) in [6.45, 7) is 3.67. The molecule has 0 spiro atoms. The maximum Gasteiger partial charge on any atom is 0.290 e. The van der Waals surface area contributed by atoms with E-state index in [2.05, 4.69) is 0 Å². The van der Waals surface area contributed by atoms with Gasteiger partial charge in [-0.15, -0.1) is 0 Å². The number of ketones is 1. The predicted octanol–water partition coefficient (Wildman–Crippen LogP) is 3.83. The van der Waals surface area contributed by atoms with Gasteiger partial charge in [0, 0.05) is 12.5 Å². The van der Waals surface area contributed by atoms with E-state index in [1.807, 2.05) is 6.07 Å². The average molecular weight is 425 g/mol. The number of ether oxygens (including phenoxy) is 3. The van der Waals surface area contributed by atoms with Crippen molar-refractivity contribution in [2.75, 3.05) is 21.3 Å². The van der Waals surface area contributed by atoms with Gasteiger partial charge in [-0.2, -0.15) is 0 Å². The first kappa shape index (κ1) is 22.2. The summed E-state index contributed by atoms with van der Waals surface area (Å²) in [6, 6.07) is 11.8. The summed E-state index contributed by atoms with van der Waals surface area (Å²) in [4.78, 5) is 27.4. The van der Waals surface area contributed by atoms with E-state index < -0.39 is 17.7 Å². The molecule has 1 aliphatic heterocycles. The molecule has 0 radical (unpaired) electrons. The van der Waals surface area contributed by atoms with Crippen LogP contribution in [-0.2, 0) is 16.1 Å². The van der Waals surface area contributed by atoms with Crippen LogP contribution in [0.1, 0.15) is 31.0 Å². The Balaban J connectivity index is 2.05. The molecule has 0 bridgehead atoms. The number of methoxy groups -OCH3 is 3. The SMILES string of the molecule is COc1ccc(C2C(C(=O)C(C)C)=C(O)C(=O)N2Cc2ccc(OC)c(OC)c2)cc1. The van der Waals surface area contributed by atoms with Crippen molar-refractivity contribution in [2.24, 2.45) is 5.92 Å². The van der Waals surface area contributed by atoms with Crippen LogP contribution in [-0.4, -0.2) is 43.0 Å². The standard InChI is InChI=1S/C24H27NO6/c1-14(2)22(26)20-21(16-7-9-17(29-3)10-8-16)25(24(28)23(20)27)13-15-6-11-18(30-4)19(12-15)31-5/h6-12,14,21,27H,13H2,1-5H3. The Morgan fingerprint density at radius 3 is 2.19 bits per heavy atom. The van der Waals surface area contributed by atoms with Gasteiger partial charge in [-0.1, -0.05) is 32.0 Å². The Labute approximate surface area is 181 Å². The van der Waals surface area contributed by atoms with Crippen LogP contribution in [0.25, 0.3) is 0 Å². The predicted molar refractivity (Wildman–Crippen MR) is 115 cm³/mol. The van der Waals surface area contributed by atoms with Gasteiger partial charge in [0.25, 0.3) is 5.91 Å². The number of nitrogens with zero attached hydrogens (tertiary/aromatic N) is 1. The molecule has 1 N–H and O–H groups in total. The zero-order valence-electron chi connectivity index (χ0n) is 18.3. The highest BCUT2D eigenvalue weighted by Gasteiger charge is 2.43. The van der Waals surface area contributed by atoms with Crippen LogP contribution in [0, 0.1) is 5.92 Å². The van der Waals surface area contributed by atoms with Crippen LogP contribution in [0.4, 0.5) is 0 Å². The number of benzene rings is 2. The van der Waals surface area contributed by atoms with Crippen LogP contribution >= 0.6 is 0 Å². The van der Waals surface area contributed by atoms with Gasteiger partial charge in [-0.3, -0.25) is 9.59 Å². The van der Waals surface area contributed by atoms with E-state index in [1.165, 1.54) is 12.0 Å². The molecule has 3 rings (SSSR count). The molecule has 1 aliphatic rings. The number of amides is 1. The van der Waals surface area contributed by atoms with Crippen LogP contribution in [0.15, 0.2) is 53.8 Å². The molecule has 1 atom stereocenters. The van der Waals surface area contributed by atoms with E-state index in [1.54, 1.807) is 64.5 Å². The van der Waals surface area contributed by atoms with Gasteiger partial charge in [0.2, 0.25) is 0 Å². The number of carbonyl (C=O) groups is 2. The van der Waals surface area contributed by atoms with E-state index in [0.717, 1.165) is 5.56 Å². The van der Waals surface area contributed by atoms with Crippen LogP contribution in [0.2, 0.25) is 0 Å². The van der Waals surface area contributed by atoms with Crippen molar-refractivity contribution in [2.45, 2.75) is 26.4 Å². The molecule has 0 aromatic heterocycles. The lowest BCUT2D eigenvalue weighted by Gasteiger charge is -2.27. The van der Waals surface area contributed by atoms with Crippen LogP contribution in [0.3, 0.4) is 0 Å². The monoisotopic (exact) mass is 425 g/mol. The Kier molecular flexibility index (Phi) is 6.53. The van der Waals surface area contributed by atoms with Crippen molar-refractivity contribution in [3.05, 3.63) is 64.9 Å². The average Bonchev–Trinajstić information content (AvgIpc) is 3.03. The topological polar surface area (TPSA) is 85.3 Å². The lowest BCUT2D eigenvalue weighted by molar-refractivity contribution is -0.130. The minimum Gasteiger partial charge on any atom is -0.503 e. The molecule has 1 unspecified atom stereocenters. The van der Waals surface area contributed by atoms with Crippen molar-refractivity contribution < 1.29 is 28.9 Å². The normalized spacial score (nSPS) is 16.1. The third kappa shape index (κ3) is 4.21. The quantitative estimate of drug-likeness (QED) is 0.692. The van der Waals surface area contributed by atoms with E-state index in [-0.39, 0.29) is 23.8 Å². The highest BCUT2D eigenvalue weighted by molar-refractivity contribution is 6.09. The van der Waals surface area contributed by atoms with Crippen molar-refractivity contribution in [3.63, 3.8) is 0 Å². The van der Waals surface area contributed by atoms with E-state index in [4.69, 9.17) is 14.2 Å². The van der Waals surface area contributed by atoms with Crippen LogP contribution < -0.4 is 14.2 Å². The van der Waals surface area contributed by atoms with Gasteiger partial charge in [-0.25, -0.2) is 0 Å². The van der Waals surface area contributed by atoms with Gasteiger partial charge in [0.05, 0.1) is 32.9 Å². The first-order valence-corrected chi connectivity index (χ1v) is 9.95. The lowest BCUT2D eigenvalue weighted by Crippen LogP contribution is -2.31. The number of hydrogen-bond donors (Lipinski definition) is 1. The maximum atomic E-state index is 13.0. The molecule has 2 aromatic rings. The molecule has 164 valence electrons. The second-order valence-electron chi connectivity index (χ2n) is 7.58. The molecule has 1 heterocycles. The fourth-order valence-corrected chi connectivity index (χ4v) is 3.69. The summed E-state index contributed by atoms with van der Waals surface area (Å²) in [7, 11) is 4.65. The molecule has 0 saturated heterocycles. The summed E-state index contributed by atoms with van der Waals surface area (Å²) in [6.07, 6.45) is 0.